The third-order valence-electron chi connectivity index (χ3n) is 5.88. The van der Waals surface area contributed by atoms with Crippen LogP contribution in [0.5, 0.6) is 0 Å². The van der Waals surface area contributed by atoms with Crippen LogP contribution in [0.1, 0.15) is 93.7 Å². The van der Waals surface area contributed by atoms with E-state index in [2.05, 4.69) is 55.4 Å². The monoisotopic (exact) mass is 516 g/mol. The first-order chi connectivity index (χ1) is 17.8. The highest BCUT2D eigenvalue weighted by Crippen LogP contribution is 2.32. The Morgan fingerprint density at radius 1 is 1.00 bits per heavy atom. The van der Waals surface area contributed by atoms with Gasteiger partial charge in [0.2, 0.25) is 5.89 Å². The Hall–Kier alpha value is -2.91. The molecule has 2 rings (SSSR count). The minimum atomic E-state index is -0.314. The van der Waals surface area contributed by atoms with Gasteiger partial charge in [0.1, 0.15) is 6.26 Å². The largest absolute Gasteiger partial charge is 0.446 e. The smallest absolute Gasteiger partial charge is 0.322 e. The molecular weight excluding hydrogens is 472 g/mol. The van der Waals surface area contributed by atoms with Gasteiger partial charge in [-0.05, 0) is 49.7 Å². The molecular formula is C28H44N4O5. The standard InChI is InChI=1S/C28H44N4O5/c1-7-35-16-10-14-29-27(33)24-19-37-25(30-24)18-32(15-11-17-36-8-2)28(34)31-26-22(20(3)4)12-9-13-23(26)21(5)6/h9,12-13,19-21H,7-8,10-11,14-18H2,1-6H3,(H,29,33)(H,31,34). The molecule has 0 saturated carbocycles. The van der Waals surface area contributed by atoms with Gasteiger partial charge >= 0.3 is 6.03 Å². The van der Waals surface area contributed by atoms with Crippen molar-refractivity contribution >= 4 is 17.6 Å². The van der Waals surface area contributed by atoms with Crippen molar-refractivity contribution in [3.05, 3.63) is 47.2 Å². The number of carbonyl (C=O) groups is 2. The molecule has 3 amide bonds. The first kappa shape index (κ1) is 30.3. The topological polar surface area (TPSA) is 106 Å². The molecule has 1 aromatic carbocycles. The average Bonchev–Trinajstić information content (AvgIpc) is 3.34. The van der Waals surface area contributed by atoms with Crippen molar-refractivity contribution in [2.24, 2.45) is 0 Å². The molecule has 2 N–H and O–H groups in total. The van der Waals surface area contributed by atoms with Crippen LogP contribution in [0.25, 0.3) is 0 Å². The molecule has 1 aromatic heterocycles. The number of hydrogen-bond acceptors (Lipinski definition) is 6. The Labute approximate surface area is 221 Å². The Bertz CT molecular complexity index is 947. The maximum Gasteiger partial charge on any atom is 0.322 e. The second kappa shape index (κ2) is 16.0. The summed E-state index contributed by atoms with van der Waals surface area (Å²) < 4.78 is 16.3. The third kappa shape index (κ3) is 9.81. The summed E-state index contributed by atoms with van der Waals surface area (Å²) in [7, 11) is 0. The molecule has 0 aliphatic heterocycles. The second-order valence-electron chi connectivity index (χ2n) is 9.46. The van der Waals surface area contributed by atoms with Gasteiger partial charge < -0.3 is 29.4 Å². The van der Waals surface area contributed by atoms with Crippen molar-refractivity contribution in [1.82, 2.24) is 15.2 Å². The van der Waals surface area contributed by atoms with Gasteiger partial charge in [-0.15, -0.1) is 0 Å². The third-order valence-corrected chi connectivity index (χ3v) is 5.88. The number of rotatable bonds is 16. The molecule has 0 aliphatic carbocycles. The van der Waals surface area contributed by atoms with E-state index in [1.54, 1.807) is 4.90 Å². The van der Waals surface area contributed by atoms with Crippen molar-refractivity contribution in [1.29, 1.82) is 0 Å². The van der Waals surface area contributed by atoms with E-state index in [-0.39, 0.29) is 36.0 Å². The number of amides is 3. The van der Waals surface area contributed by atoms with Crippen LogP contribution >= 0.6 is 0 Å². The molecule has 206 valence electrons. The van der Waals surface area contributed by atoms with Gasteiger partial charge in [-0.3, -0.25) is 4.79 Å². The predicted octanol–water partition coefficient (Wildman–Crippen LogP) is 5.54. The molecule has 0 bridgehead atoms. The van der Waals surface area contributed by atoms with E-state index in [1.165, 1.54) is 6.26 Å². The van der Waals surface area contributed by atoms with Crippen LogP contribution in [-0.2, 0) is 16.0 Å². The van der Waals surface area contributed by atoms with Crippen molar-refractivity contribution in [3.63, 3.8) is 0 Å². The maximum atomic E-state index is 13.5. The number of carbonyl (C=O) groups excluding carboxylic acids is 2. The van der Waals surface area contributed by atoms with Crippen LogP contribution in [0.2, 0.25) is 0 Å². The lowest BCUT2D eigenvalue weighted by Gasteiger charge is -2.25. The zero-order chi connectivity index (χ0) is 27.2. The van der Waals surface area contributed by atoms with Crippen LogP contribution < -0.4 is 10.6 Å². The zero-order valence-corrected chi connectivity index (χ0v) is 23.3. The van der Waals surface area contributed by atoms with Crippen LogP contribution in [0.3, 0.4) is 0 Å². The number of para-hydroxylation sites is 1. The Kier molecular flexibility index (Phi) is 13.1. The lowest BCUT2D eigenvalue weighted by molar-refractivity contribution is 0.0939. The Morgan fingerprint density at radius 3 is 2.22 bits per heavy atom. The number of hydrogen-bond donors (Lipinski definition) is 2. The van der Waals surface area contributed by atoms with Crippen molar-refractivity contribution in [3.8, 4) is 0 Å². The van der Waals surface area contributed by atoms with Gasteiger partial charge in [-0.2, -0.15) is 0 Å². The van der Waals surface area contributed by atoms with Crippen LogP contribution in [0.4, 0.5) is 10.5 Å². The molecule has 0 unspecified atom stereocenters. The highest BCUT2D eigenvalue weighted by atomic mass is 16.5. The van der Waals surface area contributed by atoms with Crippen molar-refractivity contribution in [2.45, 2.75) is 72.8 Å². The van der Waals surface area contributed by atoms with Gasteiger partial charge in [-0.25, -0.2) is 9.78 Å². The highest BCUT2D eigenvalue weighted by Gasteiger charge is 2.22. The van der Waals surface area contributed by atoms with Gasteiger partial charge in [0.15, 0.2) is 5.69 Å². The summed E-state index contributed by atoms with van der Waals surface area (Å²) in [6, 6.07) is 5.90. The number of oxazole rings is 1. The summed E-state index contributed by atoms with van der Waals surface area (Å²) in [5.41, 5.74) is 3.22. The fourth-order valence-corrected chi connectivity index (χ4v) is 3.90. The van der Waals surface area contributed by atoms with Crippen molar-refractivity contribution < 1.29 is 23.5 Å². The van der Waals surface area contributed by atoms with Gasteiger partial charge in [-0.1, -0.05) is 45.9 Å². The van der Waals surface area contributed by atoms with E-state index in [9.17, 15) is 9.59 Å². The average molecular weight is 517 g/mol. The summed E-state index contributed by atoms with van der Waals surface area (Å²) in [6.07, 6.45) is 2.71. The van der Waals surface area contributed by atoms with Gasteiger partial charge in [0.25, 0.3) is 5.91 Å². The Balaban J connectivity index is 2.15. The lowest BCUT2D eigenvalue weighted by atomic mass is 9.93. The number of aromatic nitrogens is 1. The first-order valence-corrected chi connectivity index (χ1v) is 13.3. The SMILES string of the molecule is CCOCCCNC(=O)c1coc(CN(CCCOCC)C(=O)Nc2c(C(C)C)cccc2C(C)C)n1. The zero-order valence-electron chi connectivity index (χ0n) is 23.3. The minimum Gasteiger partial charge on any atom is -0.446 e. The molecule has 2 aromatic rings. The molecule has 1 heterocycles. The molecule has 0 aliphatic rings. The van der Waals surface area contributed by atoms with Gasteiger partial charge in [0, 0.05) is 45.2 Å². The number of benzene rings is 1. The Morgan fingerprint density at radius 2 is 1.62 bits per heavy atom. The summed E-state index contributed by atoms with van der Waals surface area (Å²) in [5.74, 6) is 0.488. The van der Waals surface area contributed by atoms with E-state index in [0.29, 0.717) is 58.2 Å². The van der Waals surface area contributed by atoms with E-state index in [0.717, 1.165) is 16.8 Å². The van der Waals surface area contributed by atoms with E-state index in [4.69, 9.17) is 13.9 Å². The van der Waals surface area contributed by atoms with Crippen molar-refractivity contribution in [2.75, 3.05) is 44.8 Å². The minimum absolute atomic E-state index is 0.135. The highest BCUT2D eigenvalue weighted by molar-refractivity contribution is 5.92. The summed E-state index contributed by atoms with van der Waals surface area (Å²) in [6.45, 7) is 15.8. The number of urea groups is 1. The van der Waals surface area contributed by atoms with Gasteiger partial charge in [0.05, 0.1) is 6.54 Å². The van der Waals surface area contributed by atoms with Crippen LogP contribution in [0.15, 0.2) is 28.9 Å². The predicted molar refractivity (Wildman–Crippen MR) is 145 cm³/mol. The second-order valence-corrected chi connectivity index (χ2v) is 9.46. The molecule has 0 spiro atoms. The number of anilines is 1. The molecule has 0 saturated heterocycles. The normalized spacial score (nSPS) is 11.2. The molecule has 9 heteroatoms. The molecule has 9 nitrogen and oxygen atoms in total. The summed E-state index contributed by atoms with van der Waals surface area (Å²) in [5, 5.41) is 5.97. The fourth-order valence-electron chi connectivity index (χ4n) is 3.90. The first-order valence-electron chi connectivity index (χ1n) is 13.3. The molecule has 0 fully saturated rings. The maximum absolute atomic E-state index is 13.5. The van der Waals surface area contributed by atoms with E-state index in [1.807, 2.05) is 19.9 Å². The lowest BCUT2D eigenvalue weighted by Crippen LogP contribution is -2.36. The van der Waals surface area contributed by atoms with Crippen LogP contribution in [-0.4, -0.2) is 61.3 Å². The fraction of sp³-hybridized carbons (Fsp3) is 0.607. The molecule has 37 heavy (non-hydrogen) atoms. The van der Waals surface area contributed by atoms with E-state index < -0.39 is 0 Å². The number of nitrogens with zero attached hydrogens (tertiary/aromatic N) is 2. The number of nitrogens with one attached hydrogen (secondary N) is 2. The summed E-state index contributed by atoms with van der Waals surface area (Å²) in [4.78, 5) is 31.9. The molecule has 0 radical (unpaired) electrons. The number of ether oxygens (including phenoxy) is 2. The van der Waals surface area contributed by atoms with E-state index >= 15 is 0 Å². The summed E-state index contributed by atoms with van der Waals surface area (Å²) >= 11 is 0. The quantitative estimate of drug-likeness (QED) is 0.284. The molecule has 0 atom stereocenters. The van der Waals surface area contributed by atoms with Crippen LogP contribution in [0, 0.1) is 0 Å².